The summed E-state index contributed by atoms with van der Waals surface area (Å²) >= 11 is 8.20. The number of nitrogens with zero attached hydrogens (tertiary/aromatic N) is 4. The fourth-order valence-electron chi connectivity index (χ4n) is 3.41. The molecule has 29 heavy (non-hydrogen) atoms. The molecule has 9 heteroatoms. The van der Waals surface area contributed by atoms with E-state index in [2.05, 4.69) is 38.5 Å². The van der Waals surface area contributed by atoms with Gasteiger partial charge >= 0.3 is 0 Å². The molecule has 0 spiro atoms. The van der Waals surface area contributed by atoms with Crippen molar-refractivity contribution >= 4 is 40.2 Å². The molecule has 0 aliphatic carbocycles. The molecule has 1 atom stereocenters. The summed E-state index contributed by atoms with van der Waals surface area (Å²) in [5.74, 6) is 4.39. The highest BCUT2D eigenvalue weighted by molar-refractivity contribution is 7.99. The van der Waals surface area contributed by atoms with E-state index in [1.165, 1.54) is 24.3 Å². The lowest BCUT2D eigenvalue weighted by molar-refractivity contribution is 0.0985. The van der Waals surface area contributed by atoms with Crippen LogP contribution in [0.3, 0.4) is 0 Å². The zero-order valence-electron chi connectivity index (χ0n) is 16.6. The van der Waals surface area contributed by atoms with Crippen LogP contribution in [0.25, 0.3) is 22.4 Å². The van der Waals surface area contributed by atoms with Crippen LogP contribution >= 0.6 is 23.4 Å². The summed E-state index contributed by atoms with van der Waals surface area (Å²) in [7, 11) is 0. The topological polar surface area (TPSA) is 102 Å². The highest BCUT2D eigenvalue weighted by atomic mass is 35.5. The number of hydrogen-bond donors (Lipinski definition) is 2. The lowest BCUT2D eigenvalue weighted by Gasteiger charge is -2.34. The van der Waals surface area contributed by atoms with Gasteiger partial charge in [0.15, 0.2) is 5.82 Å². The molecule has 5 rings (SSSR count). The van der Waals surface area contributed by atoms with Crippen molar-refractivity contribution < 1.29 is 4.74 Å². The number of anilines is 1. The molecule has 0 amide bonds. The SMILES string of the molecule is C1CCSC1.CC1COCCN1c1ccnc(-c2cc(Cl)nc3[nH]ccc23)n1.N. The number of ether oxygens (including phenoxy) is 1. The van der Waals surface area contributed by atoms with Gasteiger partial charge in [-0.2, -0.15) is 11.8 Å². The average molecular weight is 435 g/mol. The Balaban J connectivity index is 0.000000352. The van der Waals surface area contributed by atoms with E-state index in [0.717, 1.165) is 29.0 Å². The van der Waals surface area contributed by atoms with Gasteiger partial charge in [0.2, 0.25) is 0 Å². The number of hydrogen-bond acceptors (Lipinski definition) is 7. The lowest BCUT2D eigenvalue weighted by atomic mass is 10.1. The minimum atomic E-state index is 0. The summed E-state index contributed by atoms with van der Waals surface area (Å²) in [6.07, 6.45) is 6.55. The maximum Gasteiger partial charge on any atom is 0.162 e. The third-order valence-electron chi connectivity index (χ3n) is 4.87. The van der Waals surface area contributed by atoms with Gasteiger partial charge in [-0.25, -0.2) is 15.0 Å². The molecule has 0 aromatic carbocycles. The van der Waals surface area contributed by atoms with E-state index in [1.54, 1.807) is 12.3 Å². The number of thioether (sulfide) groups is 1. The van der Waals surface area contributed by atoms with Crippen LogP contribution in [0.1, 0.15) is 19.8 Å². The molecule has 0 radical (unpaired) electrons. The molecule has 2 saturated heterocycles. The van der Waals surface area contributed by atoms with Gasteiger partial charge in [-0.05, 0) is 49.5 Å². The molecule has 0 bridgehead atoms. The number of pyridine rings is 1. The molecule has 2 aliphatic heterocycles. The molecule has 156 valence electrons. The molecule has 3 aromatic rings. The first-order valence-corrected chi connectivity index (χ1v) is 11.1. The number of H-pyrrole nitrogens is 1. The number of aromatic nitrogens is 4. The smallest absolute Gasteiger partial charge is 0.162 e. The molecule has 1 unspecified atom stereocenters. The highest BCUT2D eigenvalue weighted by Gasteiger charge is 2.21. The summed E-state index contributed by atoms with van der Waals surface area (Å²) < 4.78 is 5.50. The zero-order valence-corrected chi connectivity index (χ0v) is 18.2. The van der Waals surface area contributed by atoms with Crippen LogP contribution < -0.4 is 11.1 Å². The minimum Gasteiger partial charge on any atom is -0.377 e. The standard InChI is InChI=1S/C16H16ClN5O.C4H8S.H3N/c1-10-9-23-7-6-22(10)14-3-5-19-16(21-14)12-8-13(17)20-15-11(12)2-4-18-15;1-2-4-5-3-1;/h2-5,8,10H,6-7,9H2,1H3,(H,18,20);1-4H2;1H3. The molecule has 3 aromatic heterocycles. The number of fused-ring (bicyclic) bond motifs is 1. The quantitative estimate of drug-likeness (QED) is 0.569. The second-order valence-corrected chi connectivity index (χ2v) is 8.52. The van der Waals surface area contributed by atoms with Crippen LogP contribution in [-0.2, 0) is 4.74 Å². The van der Waals surface area contributed by atoms with Gasteiger partial charge in [-0.1, -0.05) is 11.6 Å². The maximum absolute atomic E-state index is 6.13. The first-order valence-electron chi connectivity index (χ1n) is 9.61. The number of rotatable bonds is 2. The van der Waals surface area contributed by atoms with Crippen molar-refractivity contribution in [1.29, 1.82) is 0 Å². The van der Waals surface area contributed by atoms with Crippen LogP contribution in [0.15, 0.2) is 30.6 Å². The molecule has 7 nitrogen and oxygen atoms in total. The van der Waals surface area contributed by atoms with E-state index in [1.807, 2.05) is 18.3 Å². The molecular weight excluding hydrogens is 408 g/mol. The predicted molar refractivity (Wildman–Crippen MR) is 121 cm³/mol. The summed E-state index contributed by atoms with van der Waals surface area (Å²) in [5.41, 5.74) is 1.62. The van der Waals surface area contributed by atoms with E-state index in [-0.39, 0.29) is 6.15 Å². The monoisotopic (exact) mass is 434 g/mol. The Labute approximate surface area is 180 Å². The summed E-state index contributed by atoms with van der Waals surface area (Å²) in [6, 6.07) is 5.99. The first kappa shape index (κ1) is 21.8. The number of nitrogens with one attached hydrogen (secondary N) is 1. The number of morpholine rings is 1. The van der Waals surface area contributed by atoms with E-state index < -0.39 is 0 Å². The van der Waals surface area contributed by atoms with Crippen molar-refractivity contribution in [2.24, 2.45) is 0 Å². The van der Waals surface area contributed by atoms with Crippen molar-refractivity contribution in [3.63, 3.8) is 0 Å². The first-order chi connectivity index (χ1) is 13.7. The number of aromatic amines is 1. The lowest BCUT2D eigenvalue weighted by Crippen LogP contribution is -2.44. The third-order valence-corrected chi connectivity index (χ3v) is 6.22. The fourth-order valence-corrected chi connectivity index (χ4v) is 4.62. The maximum atomic E-state index is 6.13. The summed E-state index contributed by atoms with van der Waals surface area (Å²) in [4.78, 5) is 18.8. The highest BCUT2D eigenvalue weighted by Crippen LogP contribution is 2.29. The van der Waals surface area contributed by atoms with Crippen LogP contribution in [0.2, 0.25) is 5.15 Å². The second-order valence-electron chi connectivity index (χ2n) is 6.91. The predicted octanol–water partition coefficient (Wildman–Crippen LogP) is 4.57. The minimum absolute atomic E-state index is 0. The Kier molecular flexibility index (Phi) is 7.71. The average Bonchev–Trinajstić information content (AvgIpc) is 3.43. The Hall–Kier alpha value is -1.87. The molecule has 2 fully saturated rings. The van der Waals surface area contributed by atoms with Crippen LogP contribution in [0.4, 0.5) is 5.82 Å². The van der Waals surface area contributed by atoms with Gasteiger partial charge < -0.3 is 20.8 Å². The summed E-state index contributed by atoms with van der Waals surface area (Å²) in [6.45, 7) is 4.39. The van der Waals surface area contributed by atoms with Crippen molar-refractivity contribution in [3.8, 4) is 11.4 Å². The van der Waals surface area contributed by atoms with Crippen molar-refractivity contribution in [2.45, 2.75) is 25.8 Å². The van der Waals surface area contributed by atoms with Gasteiger partial charge in [-0.15, -0.1) is 0 Å². The molecule has 2 aliphatic rings. The van der Waals surface area contributed by atoms with E-state index in [0.29, 0.717) is 30.2 Å². The Bertz CT molecular complexity index is 925. The Morgan fingerprint density at radius 3 is 2.79 bits per heavy atom. The molecule has 4 N–H and O–H groups in total. The number of halogens is 1. The van der Waals surface area contributed by atoms with Gasteiger partial charge in [0.1, 0.15) is 16.6 Å². The Morgan fingerprint density at radius 2 is 2.07 bits per heavy atom. The summed E-state index contributed by atoms with van der Waals surface area (Å²) in [5, 5.41) is 1.38. The largest absolute Gasteiger partial charge is 0.377 e. The van der Waals surface area contributed by atoms with E-state index in [9.17, 15) is 0 Å². The normalized spacial score (nSPS) is 18.8. The van der Waals surface area contributed by atoms with Crippen molar-refractivity contribution in [1.82, 2.24) is 26.1 Å². The zero-order chi connectivity index (χ0) is 19.3. The van der Waals surface area contributed by atoms with Crippen LogP contribution in [0, 0.1) is 0 Å². The fraction of sp³-hybridized carbons (Fsp3) is 0.450. The van der Waals surface area contributed by atoms with Gasteiger partial charge in [0.05, 0.1) is 19.3 Å². The van der Waals surface area contributed by atoms with Gasteiger partial charge in [-0.3, -0.25) is 0 Å². The Morgan fingerprint density at radius 1 is 1.24 bits per heavy atom. The van der Waals surface area contributed by atoms with Gasteiger partial charge in [0, 0.05) is 29.9 Å². The molecule has 5 heterocycles. The molecule has 0 saturated carbocycles. The van der Waals surface area contributed by atoms with Crippen LogP contribution in [-0.4, -0.2) is 57.2 Å². The molecular formula is C20H27ClN6OS. The van der Waals surface area contributed by atoms with Gasteiger partial charge in [0.25, 0.3) is 0 Å². The van der Waals surface area contributed by atoms with E-state index in [4.69, 9.17) is 21.3 Å². The third kappa shape index (κ3) is 5.19. The van der Waals surface area contributed by atoms with E-state index >= 15 is 0 Å². The van der Waals surface area contributed by atoms with Crippen molar-refractivity contribution in [2.75, 3.05) is 36.2 Å². The van der Waals surface area contributed by atoms with Crippen molar-refractivity contribution in [3.05, 3.63) is 35.7 Å². The second kappa shape index (κ2) is 10.2. The van der Waals surface area contributed by atoms with Crippen LogP contribution in [0.5, 0.6) is 0 Å².